The maximum Gasteiger partial charge on any atom is 0.472 e. The zero-order chi connectivity index (χ0) is 49.9. The van der Waals surface area contributed by atoms with Gasteiger partial charge in [0.1, 0.15) is 19.8 Å². The minimum atomic E-state index is -4.40. The van der Waals surface area contributed by atoms with E-state index in [1.165, 1.54) is 38.5 Å². The number of likely N-dealkylation sites (N-methyl/N-ethyl adjacent to an activating group) is 1. The first-order valence-corrected chi connectivity index (χ1v) is 27.8. The Morgan fingerprint density at radius 2 is 0.794 bits per heavy atom. The molecule has 0 heterocycles. The number of hydrogen-bond donors (Lipinski definition) is 1. The van der Waals surface area contributed by atoms with Crippen molar-refractivity contribution in [3.05, 3.63) is 122 Å². The second kappa shape index (κ2) is 48.4. The maximum absolute atomic E-state index is 12.8. The lowest BCUT2D eigenvalue weighted by Gasteiger charge is -2.24. The van der Waals surface area contributed by atoms with Crippen molar-refractivity contribution in [3.8, 4) is 0 Å². The van der Waals surface area contributed by atoms with Crippen molar-refractivity contribution in [1.29, 1.82) is 0 Å². The minimum absolute atomic E-state index is 0.0172. The number of hydrogen-bond acceptors (Lipinski definition) is 7. The average molecular weight is 967 g/mol. The molecule has 0 aromatic heterocycles. The number of rotatable bonds is 46. The van der Waals surface area contributed by atoms with Crippen LogP contribution in [0.1, 0.15) is 181 Å². The Kier molecular flexibility index (Phi) is 45.9. The molecular weight excluding hydrogens is 870 g/mol. The molecule has 0 aromatic carbocycles. The standard InChI is InChI=1S/C58H96NO8P/c1-6-8-10-12-14-16-18-20-22-23-24-25-26-27-28-29-30-31-32-33-34-35-37-39-41-43-45-47-49-51-58(61)67-56(55-66-68(62,63)65-53-52-59(3,4)5)54-64-57(60)50-48-46-44-42-40-38-36-21-19-17-15-13-11-9-7-2/h8-11,14-17,20-22,24-25,27-28,30-31,36,40,42,56H,6-7,12-13,18-19,23,26,29,32-35,37-39,41,43-55H2,1-5H3/p+1/b10-8-,11-9-,16-14-,17-15-,22-20-,25-24-,28-27-,31-30-,36-21-,42-40-. The van der Waals surface area contributed by atoms with Gasteiger partial charge in [-0.05, 0) is 103 Å². The monoisotopic (exact) mass is 967 g/mol. The summed E-state index contributed by atoms with van der Waals surface area (Å²) in [5, 5.41) is 0. The van der Waals surface area contributed by atoms with Gasteiger partial charge in [0.05, 0.1) is 27.7 Å². The van der Waals surface area contributed by atoms with Gasteiger partial charge in [-0.25, -0.2) is 4.57 Å². The first-order chi connectivity index (χ1) is 33.0. The number of ether oxygens (including phenoxy) is 2. The maximum atomic E-state index is 12.8. The molecule has 1 N–H and O–H groups in total. The topological polar surface area (TPSA) is 108 Å². The Labute approximate surface area is 416 Å². The molecule has 0 spiro atoms. The lowest BCUT2D eigenvalue weighted by molar-refractivity contribution is -0.870. The third-order valence-corrected chi connectivity index (χ3v) is 11.5. The highest BCUT2D eigenvalue weighted by atomic mass is 31.2. The molecule has 2 unspecified atom stereocenters. The van der Waals surface area contributed by atoms with Gasteiger partial charge in [-0.15, -0.1) is 0 Å². The summed E-state index contributed by atoms with van der Waals surface area (Å²) >= 11 is 0. The van der Waals surface area contributed by atoms with Crippen molar-refractivity contribution < 1.29 is 42.1 Å². The fraction of sp³-hybridized carbons (Fsp3) is 0.621. The number of carbonyl (C=O) groups excluding carboxylic acids is 2. The average Bonchev–Trinajstić information content (AvgIpc) is 3.30. The third kappa shape index (κ3) is 51.8. The highest BCUT2D eigenvalue weighted by Gasteiger charge is 2.27. The van der Waals surface area contributed by atoms with Gasteiger partial charge in [0.2, 0.25) is 0 Å². The van der Waals surface area contributed by atoms with Crippen LogP contribution in [0.3, 0.4) is 0 Å². The van der Waals surface area contributed by atoms with E-state index in [0.717, 1.165) is 103 Å². The van der Waals surface area contributed by atoms with E-state index in [1.54, 1.807) is 0 Å². The van der Waals surface area contributed by atoms with Gasteiger partial charge in [-0.3, -0.25) is 18.6 Å². The molecule has 2 atom stereocenters. The van der Waals surface area contributed by atoms with Crippen molar-refractivity contribution in [1.82, 2.24) is 0 Å². The molecule has 68 heavy (non-hydrogen) atoms. The lowest BCUT2D eigenvalue weighted by atomic mass is 10.0. The van der Waals surface area contributed by atoms with E-state index < -0.39 is 32.5 Å². The Morgan fingerprint density at radius 3 is 1.21 bits per heavy atom. The summed E-state index contributed by atoms with van der Waals surface area (Å²) in [6.45, 7) is 4.12. The summed E-state index contributed by atoms with van der Waals surface area (Å²) in [6, 6.07) is 0. The molecule has 0 radical (unpaired) electrons. The minimum Gasteiger partial charge on any atom is -0.462 e. The number of phosphoric acid groups is 1. The summed E-state index contributed by atoms with van der Waals surface area (Å²) in [5.41, 5.74) is 0. The molecule has 0 bridgehead atoms. The molecule has 0 aromatic rings. The molecule has 0 aliphatic rings. The Balaban J connectivity index is 4.26. The van der Waals surface area contributed by atoms with Crippen molar-refractivity contribution in [2.24, 2.45) is 0 Å². The molecule has 9 nitrogen and oxygen atoms in total. The molecule has 0 saturated heterocycles. The van der Waals surface area contributed by atoms with Crippen LogP contribution in [0.25, 0.3) is 0 Å². The smallest absolute Gasteiger partial charge is 0.462 e. The van der Waals surface area contributed by atoms with E-state index in [1.807, 2.05) is 21.1 Å². The summed E-state index contributed by atoms with van der Waals surface area (Å²) in [6.07, 6.45) is 68.4. The number of esters is 2. The zero-order valence-corrected chi connectivity index (χ0v) is 44.4. The summed E-state index contributed by atoms with van der Waals surface area (Å²) in [5.74, 6) is -0.862. The fourth-order valence-corrected chi connectivity index (χ4v) is 7.22. The first-order valence-electron chi connectivity index (χ1n) is 26.3. The Bertz CT molecular complexity index is 1560. The molecule has 0 amide bonds. The van der Waals surface area contributed by atoms with Crippen molar-refractivity contribution in [2.45, 2.75) is 187 Å². The van der Waals surface area contributed by atoms with Crippen molar-refractivity contribution in [3.63, 3.8) is 0 Å². The van der Waals surface area contributed by atoms with Crippen LogP contribution in [0.5, 0.6) is 0 Å². The van der Waals surface area contributed by atoms with Crippen LogP contribution in [-0.2, 0) is 32.7 Å². The molecule has 0 saturated carbocycles. The normalized spacial score (nSPS) is 14.4. The number of carbonyl (C=O) groups is 2. The molecule has 0 fully saturated rings. The highest BCUT2D eigenvalue weighted by Crippen LogP contribution is 2.43. The molecule has 0 rings (SSSR count). The fourth-order valence-electron chi connectivity index (χ4n) is 6.48. The van der Waals surface area contributed by atoms with Crippen LogP contribution >= 0.6 is 7.82 Å². The van der Waals surface area contributed by atoms with E-state index in [-0.39, 0.29) is 26.1 Å². The number of allylic oxidation sites excluding steroid dienone is 20. The van der Waals surface area contributed by atoms with E-state index in [4.69, 9.17) is 18.5 Å². The quantitative estimate of drug-likeness (QED) is 0.0211. The second-order valence-corrected chi connectivity index (χ2v) is 19.6. The van der Waals surface area contributed by atoms with Gasteiger partial charge in [0, 0.05) is 12.8 Å². The number of nitrogens with zero attached hydrogens (tertiary/aromatic N) is 1. The number of phosphoric ester groups is 1. The third-order valence-electron chi connectivity index (χ3n) is 10.5. The predicted molar refractivity (Wildman–Crippen MR) is 288 cm³/mol. The molecular formula is C58H97NO8P+. The molecule has 10 heteroatoms. The van der Waals surface area contributed by atoms with Gasteiger partial charge < -0.3 is 18.9 Å². The van der Waals surface area contributed by atoms with Gasteiger partial charge in [0.25, 0.3) is 0 Å². The van der Waals surface area contributed by atoms with Crippen LogP contribution in [0, 0.1) is 0 Å². The van der Waals surface area contributed by atoms with E-state index in [0.29, 0.717) is 23.9 Å². The van der Waals surface area contributed by atoms with E-state index in [9.17, 15) is 19.0 Å². The number of unbranched alkanes of at least 4 members (excludes halogenated alkanes) is 12. The van der Waals surface area contributed by atoms with Crippen LogP contribution in [0.15, 0.2) is 122 Å². The van der Waals surface area contributed by atoms with Gasteiger partial charge in [-0.1, -0.05) is 187 Å². The van der Waals surface area contributed by atoms with Gasteiger partial charge >= 0.3 is 19.8 Å². The molecule has 0 aliphatic heterocycles. The van der Waals surface area contributed by atoms with Crippen molar-refractivity contribution >= 4 is 19.8 Å². The van der Waals surface area contributed by atoms with Crippen molar-refractivity contribution in [2.75, 3.05) is 47.5 Å². The first kappa shape index (κ1) is 64.4. The molecule has 386 valence electrons. The van der Waals surface area contributed by atoms with Gasteiger partial charge in [0.15, 0.2) is 6.10 Å². The SMILES string of the molecule is CC/C=C\C/C=C\C/C=C\C/C=C\C/C=C\C/C=C\CCCCCCCCCCCCC(=O)OC(COC(=O)CCCC/C=C\C/C=C\C/C=C\C/C=C\CC)COP(=O)(O)OCC[N+](C)(C)C. The van der Waals surface area contributed by atoms with E-state index >= 15 is 0 Å². The lowest BCUT2D eigenvalue weighted by Crippen LogP contribution is -2.37. The van der Waals surface area contributed by atoms with Gasteiger partial charge in [-0.2, -0.15) is 0 Å². The largest absolute Gasteiger partial charge is 0.472 e. The summed E-state index contributed by atoms with van der Waals surface area (Å²) in [7, 11) is 1.43. The summed E-state index contributed by atoms with van der Waals surface area (Å²) in [4.78, 5) is 35.5. The van der Waals surface area contributed by atoms with Crippen LogP contribution in [-0.4, -0.2) is 74.9 Å². The number of quaternary nitrogens is 1. The highest BCUT2D eigenvalue weighted by molar-refractivity contribution is 7.47. The Hall–Kier alpha value is -3.59. The zero-order valence-electron chi connectivity index (χ0n) is 43.5. The molecule has 0 aliphatic carbocycles. The second-order valence-electron chi connectivity index (χ2n) is 18.1. The summed E-state index contributed by atoms with van der Waals surface area (Å²) < 4.78 is 34.4. The van der Waals surface area contributed by atoms with Crippen LogP contribution in [0.2, 0.25) is 0 Å². The van der Waals surface area contributed by atoms with E-state index in [2.05, 4.69) is 135 Å². The Morgan fingerprint density at radius 1 is 0.456 bits per heavy atom. The predicted octanol–water partition coefficient (Wildman–Crippen LogP) is 16.0. The van der Waals surface area contributed by atoms with Crippen LogP contribution < -0.4 is 0 Å². The van der Waals surface area contributed by atoms with Crippen LogP contribution in [0.4, 0.5) is 0 Å².